The molecule has 8 nitrogen and oxygen atoms in total. The molecule has 2 amide bonds. The highest BCUT2D eigenvalue weighted by molar-refractivity contribution is 5.86. The normalized spacial score (nSPS) is 11.5. The van der Waals surface area contributed by atoms with Crippen LogP contribution in [0.25, 0.3) is 0 Å². The van der Waals surface area contributed by atoms with Crippen LogP contribution in [-0.2, 0) is 32.2 Å². The van der Waals surface area contributed by atoms with Crippen molar-refractivity contribution in [1.29, 1.82) is 5.26 Å². The third-order valence-corrected chi connectivity index (χ3v) is 4.70. The largest absolute Gasteiger partial charge is 0.445 e. The Morgan fingerprint density at radius 2 is 1.55 bits per heavy atom. The molecule has 0 bridgehead atoms. The van der Waals surface area contributed by atoms with Gasteiger partial charge in [0.2, 0.25) is 5.91 Å². The van der Waals surface area contributed by atoms with Crippen molar-refractivity contribution < 1.29 is 23.8 Å². The third-order valence-electron chi connectivity index (χ3n) is 4.70. The summed E-state index contributed by atoms with van der Waals surface area (Å²) in [4.78, 5) is 27.3. The van der Waals surface area contributed by atoms with Crippen molar-refractivity contribution in [3.8, 4) is 6.07 Å². The third kappa shape index (κ3) is 9.31. The van der Waals surface area contributed by atoms with Crippen LogP contribution >= 0.6 is 0 Å². The van der Waals surface area contributed by atoms with E-state index in [1.165, 1.54) is 4.90 Å². The zero-order valence-electron chi connectivity index (χ0n) is 19.1. The van der Waals surface area contributed by atoms with Crippen LogP contribution in [0.2, 0.25) is 0 Å². The minimum absolute atomic E-state index is 0.0601. The molecule has 176 valence electrons. The molecule has 0 radical (unpaired) electrons. The lowest BCUT2D eigenvalue weighted by Gasteiger charge is -2.30. The van der Waals surface area contributed by atoms with Crippen LogP contribution < -0.4 is 5.32 Å². The summed E-state index contributed by atoms with van der Waals surface area (Å²) in [5.41, 5.74) is 1.72. The van der Waals surface area contributed by atoms with Crippen LogP contribution in [0.15, 0.2) is 60.7 Å². The molecule has 0 aliphatic heterocycles. The van der Waals surface area contributed by atoms with Gasteiger partial charge in [0.25, 0.3) is 0 Å². The maximum Gasteiger partial charge on any atom is 0.408 e. The number of carbonyl (C=O) groups excluding carboxylic acids is 2. The number of benzene rings is 2. The lowest BCUT2D eigenvalue weighted by atomic mass is 10.1. The highest BCUT2D eigenvalue weighted by atomic mass is 16.7. The predicted molar refractivity (Wildman–Crippen MR) is 123 cm³/mol. The molecule has 1 unspecified atom stereocenters. The number of carbonyl (C=O) groups is 2. The van der Waals surface area contributed by atoms with Gasteiger partial charge in [-0.25, -0.2) is 4.79 Å². The molecule has 0 aliphatic carbocycles. The zero-order valence-corrected chi connectivity index (χ0v) is 19.1. The Morgan fingerprint density at radius 3 is 2.09 bits per heavy atom. The zero-order chi connectivity index (χ0) is 23.9. The quantitative estimate of drug-likeness (QED) is 0.465. The topological polar surface area (TPSA) is 101 Å². The standard InChI is InChI=1S/C25H31N3O5/c1-3-31-23(32-4-2)18-28(17-20-11-7-5-8-12-20)24(29)22(15-16-26)27-25(30)33-19-21-13-9-6-10-14-21/h5-14,22-23H,3-4,15,17-19H2,1-2H3,(H,27,30). The summed E-state index contributed by atoms with van der Waals surface area (Å²) in [5.74, 6) is -0.415. The first-order valence-electron chi connectivity index (χ1n) is 11.0. The van der Waals surface area contributed by atoms with E-state index in [0.29, 0.717) is 13.2 Å². The summed E-state index contributed by atoms with van der Waals surface area (Å²) < 4.78 is 16.5. The van der Waals surface area contributed by atoms with E-state index in [2.05, 4.69) is 5.32 Å². The smallest absolute Gasteiger partial charge is 0.408 e. The van der Waals surface area contributed by atoms with Gasteiger partial charge in [-0.15, -0.1) is 0 Å². The Kier molecular flexibility index (Phi) is 11.4. The van der Waals surface area contributed by atoms with Gasteiger partial charge in [0.1, 0.15) is 12.6 Å². The summed E-state index contributed by atoms with van der Waals surface area (Å²) in [6.45, 7) is 5.02. The van der Waals surface area contributed by atoms with Gasteiger partial charge in [0.05, 0.1) is 19.0 Å². The number of nitriles is 1. The van der Waals surface area contributed by atoms with Crippen LogP contribution in [0.3, 0.4) is 0 Å². The summed E-state index contributed by atoms with van der Waals surface area (Å²) in [6.07, 6.45) is -1.59. The lowest BCUT2D eigenvalue weighted by Crippen LogP contribution is -2.50. The van der Waals surface area contributed by atoms with Crippen molar-refractivity contribution in [2.75, 3.05) is 19.8 Å². The molecule has 8 heteroatoms. The van der Waals surface area contributed by atoms with Crippen LogP contribution in [0, 0.1) is 11.3 Å². The first kappa shape index (κ1) is 25.8. The van der Waals surface area contributed by atoms with E-state index >= 15 is 0 Å². The molecule has 0 fully saturated rings. The van der Waals surface area contributed by atoms with Gasteiger partial charge < -0.3 is 24.4 Å². The van der Waals surface area contributed by atoms with E-state index in [9.17, 15) is 14.9 Å². The van der Waals surface area contributed by atoms with Gasteiger partial charge in [0.15, 0.2) is 6.29 Å². The molecule has 0 spiro atoms. The molecule has 1 atom stereocenters. The number of nitrogens with one attached hydrogen (secondary N) is 1. The molecule has 0 saturated carbocycles. The summed E-state index contributed by atoms with van der Waals surface area (Å²) in [5, 5.41) is 11.8. The van der Waals surface area contributed by atoms with Crippen molar-refractivity contribution >= 4 is 12.0 Å². The van der Waals surface area contributed by atoms with Crippen LogP contribution in [0.1, 0.15) is 31.4 Å². The van der Waals surface area contributed by atoms with Gasteiger partial charge in [0, 0.05) is 19.8 Å². The van der Waals surface area contributed by atoms with Crippen LogP contribution in [0.5, 0.6) is 0 Å². The van der Waals surface area contributed by atoms with Crippen molar-refractivity contribution in [1.82, 2.24) is 10.2 Å². The Morgan fingerprint density at radius 1 is 0.970 bits per heavy atom. The van der Waals surface area contributed by atoms with Crippen molar-refractivity contribution in [3.63, 3.8) is 0 Å². The molecule has 0 saturated heterocycles. The van der Waals surface area contributed by atoms with Crippen molar-refractivity contribution in [3.05, 3.63) is 71.8 Å². The minimum Gasteiger partial charge on any atom is -0.445 e. The molecule has 0 heterocycles. The highest BCUT2D eigenvalue weighted by Crippen LogP contribution is 2.11. The molecular weight excluding hydrogens is 422 g/mol. The first-order chi connectivity index (χ1) is 16.1. The Hall–Kier alpha value is -3.41. The summed E-state index contributed by atoms with van der Waals surface area (Å²) in [7, 11) is 0. The van der Waals surface area contributed by atoms with E-state index < -0.39 is 24.3 Å². The average molecular weight is 454 g/mol. The maximum absolute atomic E-state index is 13.4. The van der Waals surface area contributed by atoms with Gasteiger partial charge in [-0.1, -0.05) is 60.7 Å². The minimum atomic E-state index is -1.06. The second-order valence-electron chi connectivity index (χ2n) is 7.17. The Bertz CT molecular complexity index is 880. The summed E-state index contributed by atoms with van der Waals surface area (Å²) >= 11 is 0. The number of nitrogens with zero attached hydrogens (tertiary/aromatic N) is 2. The fraction of sp³-hybridized carbons (Fsp3) is 0.400. The maximum atomic E-state index is 13.4. The number of ether oxygens (including phenoxy) is 3. The van der Waals surface area contributed by atoms with Gasteiger partial charge in [-0.2, -0.15) is 5.26 Å². The van der Waals surface area contributed by atoms with E-state index in [1.807, 2.05) is 80.6 Å². The fourth-order valence-electron chi connectivity index (χ4n) is 3.16. The second-order valence-corrected chi connectivity index (χ2v) is 7.17. The first-order valence-corrected chi connectivity index (χ1v) is 11.0. The molecule has 2 aromatic carbocycles. The summed E-state index contributed by atoms with van der Waals surface area (Å²) in [6, 6.07) is 19.6. The number of alkyl carbamates (subject to hydrolysis) is 1. The highest BCUT2D eigenvalue weighted by Gasteiger charge is 2.29. The molecule has 33 heavy (non-hydrogen) atoms. The Labute approximate surface area is 195 Å². The number of rotatable bonds is 13. The number of hydrogen-bond acceptors (Lipinski definition) is 6. The average Bonchev–Trinajstić information content (AvgIpc) is 2.83. The van der Waals surface area contributed by atoms with Gasteiger partial charge in [-0.3, -0.25) is 4.79 Å². The van der Waals surface area contributed by atoms with Crippen molar-refractivity contribution in [2.24, 2.45) is 0 Å². The second kappa shape index (κ2) is 14.6. The fourth-order valence-corrected chi connectivity index (χ4v) is 3.16. The van der Waals surface area contributed by atoms with E-state index in [-0.39, 0.29) is 26.1 Å². The van der Waals surface area contributed by atoms with E-state index in [1.54, 1.807) is 0 Å². The molecule has 2 aromatic rings. The molecule has 0 aliphatic rings. The van der Waals surface area contributed by atoms with E-state index in [0.717, 1.165) is 11.1 Å². The number of hydrogen-bond donors (Lipinski definition) is 1. The van der Waals surface area contributed by atoms with Gasteiger partial charge >= 0.3 is 6.09 Å². The van der Waals surface area contributed by atoms with Crippen LogP contribution in [-0.4, -0.2) is 49.0 Å². The molecular formula is C25H31N3O5. The number of amides is 2. The SMILES string of the molecule is CCOC(CN(Cc1ccccc1)C(=O)C(CC#N)NC(=O)OCc1ccccc1)OCC. The monoisotopic (exact) mass is 453 g/mol. The molecule has 2 rings (SSSR count). The predicted octanol–water partition coefficient (Wildman–Crippen LogP) is 3.62. The Balaban J connectivity index is 2.12. The molecule has 1 N–H and O–H groups in total. The van der Waals surface area contributed by atoms with E-state index in [4.69, 9.17) is 14.2 Å². The lowest BCUT2D eigenvalue weighted by molar-refractivity contribution is -0.160. The van der Waals surface area contributed by atoms with Crippen LogP contribution in [0.4, 0.5) is 4.79 Å². The molecule has 0 aromatic heterocycles. The van der Waals surface area contributed by atoms with Gasteiger partial charge in [-0.05, 0) is 25.0 Å². The van der Waals surface area contributed by atoms with Crippen molar-refractivity contribution in [2.45, 2.75) is 45.8 Å².